The molecule has 0 saturated carbocycles. The van der Waals surface area contributed by atoms with Crippen molar-refractivity contribution in [1.82, 2.24) is 0 Å². The van der Waals surface area contributed by atoms with Crippen molar-refractivity contribution in [3.8, 4) is 0 Å². The molecule has 0 saturated heterocycles. The highest BCUT2D eigenvalue weighted by molar-refractivity contribution is 6.31. The molecule has 0 bridgehead atoms. The molecule has 1 aromatic rings. The molecule has 0 aliphatic heterocycles. The summed E-state index contributed by atoms with van der Waals surface area (Å²) in [6, 6.07) is 6.16. The van der Waals surface area contributed by atoms with Crippen molar-refractivity contribution in [1.29, 1.82) is 0 Å². The summed E-state index contributed by atoms with van der Waals surface area (Å²) in [4.78, 5) is 0. The Kier molecular flexibility index (Phi) is 2.99. The number of benzene rings is 1. The van der Waals surface area contributed by atoms with E-state index >= 15 is 0 Å². The van der Waals surface area contributed by atoms with Crippen molar-refractivity contribution in [3.05, 3.63) is 34.3 Å². The van der Waals surface area contributed by atoms with E-state index in [9.17, 15) is 0 Å². The van der Waals surface area contributed by atoms with Crippen LogP contribution in [0.25, 0.3) is 0 Å². The minimum absolute atomic E-state index is 0. The Labute approximate surface area is 83.3 Å². The first-order valence-corrected chi connectivity index (χ1v) is 4.19. The summed E-state index contributed by atoms with van der Waals surface area (Å²) in [5.41, 5.74) is 8.35. The summed E-state index contributed by atoms with van der Waals surface area (Å²) >= 11 is 5.98. The fraction of sp³-hybridized carbons (Fsp3) is 0.333. The van der Waals surface area contributed by atoms with Crippen LogP contribution in [0.2, 0.25) is 5.02 Å². The summed E-state index contributed by atoms with van der Waals surface area (Å²) in [6.07, 6.45) is 2.12. The lowest BCUT2D eigenvalue weighted by Gasteiger charge is -2.05. The molecule has 2 rings (SSSR count). The van der Waals surface area contributed by atoms with E-state index in [-0.39, 0.29) is 18.4 Å². The molecule has 0 spiro atoms. The number of hydrogen-bond donors (Lipinski definition) is 1. The Morgan fingerprint density at radius 3 is 2.83 bits per heavy atom. The first-order chi connectivity index (χ1) is 5.29. The molecule has 3 heteroatoms. The highest BCUT2D eigenvalue weighted by atomic mass is 35.5. The molecule has 0 heterocycles. The number of rotatable bonds is 0. The zero-order valence-corrected chi connectivity index (χ0v) is 8.16. The quantitative estimate of drug-likeness (QED) is 0.690. The predicted molar refractivity (Wildman–Crippen MR) is 53.9 cm³/mol. The number of nitrogens with two attached hydrogens (primary N) is 1. The molecule has 1 aliphatic carbocycles. The van der Waals surface area contributed by atoms with Gasteiger partial charge < -0.3 is 5.73 Å². The average molecular weight is 204 g/mol. The topological polar surface area (TPSA) is 26.0 Å². The number of halogens is 2. The summed E-state index contributed by atoms with van der Waals surface area (Å²) in [6.45, 7) is 0. The van der Waals surface area contributed by atoms with Crippen LogP contribution in [0.1, 0.15) is 23.6 Å². The molecule has 66 valence electrons. The van der Waals surface area contributed by atoms with Gasteiger partial charge in [0.15, 0.2) is 0 Å². The molecule has 1 nitrogen and oxygen atoms in total. The second-order valence-electron chi connectivity index (χ2n) is 2.96. The molecule has 1 unspecified atom stereocenters. The SMILES string of the molecule is Cl.NC1CCc2cccc(Cl)c21. The molecule has 0 aromatic heterocycles. The maximum absolute atomic E-state index is 5.98. The molecule has 12 heavy (non-hydrogen) atoms. The summed E-state index contributed by atoms with van der Waals surface area (Å²) in [7, 11) is 0. The van der Waals surface area contributed by atoms with E-state index in [1.54, 1.807) is 0 Å². The Balaban J connectivity index is 0.000000720. The van der Waals surface area contributed by atoms with Gasteiger partial charge in [0.05, 0.1) is 0 Å². The zero-order valence-electron chi connectivity index (χ0n) is 6.59. The van der Waals surface area contributed by atoms with Crippen molar-refractivity contribution in [2.24, 2.45) is 5.73 Å². The van der Waals surface area contributed by atoms with Gasteiger partial charge in [0.1, 0.15) is 0 Å². The van der Waals surface area contributed by atoms with Crippen LogP contribution < -0.4 is 5.73 Å². The lowest BCUT2D eigenvalue weighted by molar-refractivity contribution is 0.713. The zero-order chi connectivity index (χ0) is 7.84. The van der Waals surface area contributed by atoms with Crippen LogP contribution >= 0.6 is 24.0 Å². The van der Waals surface area contributed by atoms with E-state index in [0.717, 1.165) is 23.4 Å². The fourth-order valence-corrected chi connectivity index (χ4v) is 2.00. The Morgan fingerprint density at radius 1 is 1.42 bits per heavy atom. The summed E-state index contributed by atoms with van der Waals surface area (Å²) in [5.74, 6) is 0. The van der Waals surface area contributed by atoms with Gasteiger partial charge in [-0.05, 0) is 30.0 Å². The van der Waals surface area contributed by atoms with Crippen LogP contribution in [0.5, 0.6) is 0 Å². The number of fused-ring (bicyclic) bond motifs is 1. The highest BCUT2D eigenvalue weighted by Gasteiger charge is 2.20. The highest BCUT2D eigenvalue weighted by Crippen LogP contribution is 2.34. The van der Waals surface area contributed by atoms with E-state index in [1.807, 2.05) is 12.1 Å². The predicted octanol–water partition coefficient (Wildman–Crippen LogP) is 2.71. The Hall–Kier alpha value is -0.240. The van der Waals surface area contributed by atoms with Gasteiger partial charge in [0.2, 0.25) is 0 Å². The average Bonchev–Trinajstić information content (AvgIpc) is 2.34. The molecular formula is C9H11Cl2N. The van der Waals surface area contributed by atoms with Crippen LogP contribution in [0.3, 0.4) is 0 Å². The normalized spacial score (nSPS) is 20.0. The lowest BCUT2D eigenvalue weighted by atomic mass is 10.1. The van der Waals surface area contributed by atoms with Gasteiger partial charge >= 0.3 is 0 Å². The van der Waals surface area contributed by atoms with Crippen molar-refractivity contribution in [2.45, 2.75) is 18.9 Å². The second-order valence-corrected chi connectivity index (χ2v) is 3.37. The lowest BCUT2D eigenvalue weighted by Crippen LogP contribution is -2.05. The molecule has 1 aromatic carbocycles. The van der Waals surface area contributed by atoms with Gasteiger partial charge in [-0.2, -0.15) is 0 Å². The molecule has 0 fully saturated rings. The fourth-order valence-electron chi connectivity index (χ4n) is 1.67. The summed E-state index contributed by atoms with van der Waals surface area (Å²) < 4.78 is 0. The molecule has 0 radical (unpaired) electrons. The third-order valence-corrected chi connectivity index (χ3v) is 2.57. The van der Waals surface area contributed by atoms with Crippen molar-refractivity contribution < 1.29 is 0 Å². The largest absolute Gasteiger partial charge is 0.324 e. The van der Waals surface area contributed by atoms with Crippen LogP contribution in [0, 0.1) is 0 Å². The first-order valence-electron chi connectivity index (χ1n) is 3.82. The monoisotopic (exact) mass is 203 g/mol. The van der Waals surface area contributed by atoms with Crippen molar-refractivity contribution >= 4 is 24.0 Å². The maximum atomic E-state index is 5.98. The number of hydrogen-bond acceptors (Lipinski definition) is 1. The second kappa shape index (κ2) is 3.65. The first kappa shape index (κ1) is 9.85. The molecule has 1 aliphatic rings. The van der Waals surface area contributed by atoms with Gasteiger partial charge in [-0.25, -0.2) is 0 Å². The Morgan fingerprint density at radius 2 is 2.17 bits per heavy atom. The van der Waals surface area contributed by atoms with Crippen LogP contribution in [0.4, 0.5) is 0 Å². The third-order valence-electron chi connectivity index (χ3n) is 2.24. The van der Waals surface area contributed by atoms with E-state index in [0.29, 0.717) is 0 Å². The minimum Gasteiger partial charge on any atom is -0.324 e. The molecule has 0 amide bonds. The Bertz CT molecular complexity index is 286. The van der Waals surface area contributed by atoms with Gasteiger partial charge in [-0.1, -0.05) is 23.7 Å². The molecule has 1 atom stereocenters. The van der Waals surface area contributed by atoms with Crippen LogP contribution in [-0.2, 0) is 6.42 Å². The minimum atomic E-state index is 0. The van der Waals surface area contributed by atoms with E-state index in [1.165, 1.54) is 5.56 Å². The van der Waals surface area contributed by atoms with Gasteiger partial charge in [-0.15, -0.1) is 12.4 Å². The maximum Gasteiger partial charge on any atom is 0.0456 e. The van der Waals surface area contributed by atoms with E-state index in [2.05, 4.69) is 6.07 Å². The van der Waals surface area contributed by atoms with Gasteiger partial charge in [-0.3, -0.25) is 0 Å². The van der Waals surface area contributed by atoms with Crippen molar-refractivity contribution in [3.63, 3.8) is 0 Å². The smallest absolute Gasteiger partial charge is 0.0456 e. The molecule has 2 N–H and O–H groups in total. The van der Waals surface area contributed by atoms with Crippen LogP contribution in [-0.4, -0.2) is 0 Å². The van der Waals surface area contributed by atoms with Crippen LogP contribution in [0.15, 0.2) is 18.2 Å². The van der Waals surface area contributed by atoms with Gasteiger partial charge in [0.25, 0.3) is 0 Å². The summed E-state index contributed by atoms with van der Waals surface area (Å²) in [5, 5.41) is 0.826. The number of aryl methyl sites for hydroxylation is 1. The van der Waals surface area contributed by atoms with E-state index < -0.39 is 0 Å². The van der Waals surface area contributed by atoms with Crippen molar-refractivity contribution in [2.75, 3.05) is 0 Å². The standard InChI is InChI=1S/C9H10ClN.ClH/c10-7-3-1-2-6-4-5-8(11)9(6)7;/h1-3,8H,4-5,11H2;1H. The van der Waals surface area contributed by atoms with E-state index in [4.69, 9.17) is 17.3 Å². The third kappa shape index (κ3) is 1.45. The molecular weight excluding hydrogens is 193 g/mol. The van der Waals surface area contributed by atoms with Gasteiger partial charge in [0, 0.05) is 11.1 Å².